The largest absolute Gasteiger partial charge is 0.444 e. The Kier molecular flexibility index (Phi) is 28.1. The van der Waals surface area contributed by atoms with Crippen LogP contribution in [0.2, 0.25) is 0 Å². The van der Waals surface area contributed by atoms with Crippen molar-refractivity contribution in [1.29, 1.82) is 0 Å². The fraction of sp³-hybridized carbons (Fsp3) is 0.536. The quantitative estimate of drug-likeness (QED) is 0.0201. The second-order valence-electron chi connectivity index (χ2n) is 27.6. The summed E-state index contributed by atoms with van der Waals surface area (Å²) in [5.41, 5.74) is -1.49. The van der Waals surface area contributed by atoms with Gasteiger partial charge in [0.2, 0.25) is 39.6 Å². The number of carbonyl (C=O) groups excluding carboxylic acids is 10. The predicted molar refractivity (Wildman–Crippen MR) is 356 cm³/mol. The molecule has 3 aromatic carbocycles. The van der Waals surface area contributed by atoms with Crippen LogP contribution in [-0.4, -0.2) is 151 Å². The summed E-state index contributed by atoms with van der Waals surface area (Å²) < 4.78 is 40.4. The molecular formula is C69H99N9O14S. The summed E-state index contributed by atoms with van der Waals surface area (Å²) in [6.07, 6.45) is 4.99. The van der Waals surface area contributed by atoms with Crippen molar-refractivity contribution in [2.24, 2.45) is 11.3 Å². The number of hydrogen-bond acceptors (Lipinski definition) is 14. The van der Waals surface area contributed by atoms with E-state index in [0.717, 1.165) is 16.0 Å². The third-order valence-corrected chi connectivity index (χ3v) is 16.6. The molecule has 6 N–H and O–H groups in total. The number of anilines is 1. The second-order valence-corrected chi connectivity index (χ2v) is 29.3. The Balaban J connectivity index is 1.48. The predicted octanol–water partition coefficient (Wildman–Crippen LogP) is 8.14. The lowest BCUT2D eigenvalue weighted by Crippen LogP contribution is -2.63. The molecule has 0 aliphatic carbocycles. The van der Waals surface area contributed by atoms with Crippen molar-refractivity contribution in [2.75, 3.05) is 32.5 Å². The van der Waals surface area contributed by atoms with E-state index in [2.05, 4.69) is 31.3 Å². The Morgan fingerprint density at radius 1 is 0.634 bits per heavy atom. The van der Waals surface area contributed by atoms with E-state index >= 15 is 0 Å². The zero-order chi connectivity index (χ0) is 69.8. The van der Waals surface area contributed by atoms with Crippen LogP contribution in [0.25, 0.3) is 0 Å². The van der Waals surface area contributed by atoms with Crippen LogP contribution < -0.4 is 31.3 Å². The van der Waals surface area contributed by atoms with Crippen LogP contribution in [0.5, 0.6) is 0 Å². The highest BCUT2D eigenvalue weighted by molar-refractivity contribution is 7.89. The summed E-state index contributed by atoms with van der Waals surface area (Å²) in [5, 5.41) is 14.1. The number of rotatable bonds is 31. The zero-order valence-corrected chi connectivity index (χ0v) is 57.8. The van der Waals surface area contributed by atoms with Crippen LogP contribution >= 0.6 is 0 Å². The minimum absolute atomic E-state index is 0.0115. The Morgan fingerprint density at radius 3 is 1.77 bits per heavy atom. The first kappa shape index (κ1) is 77.0. The highest BCUT2D eigenvalue weighted by Gasteiger charge is 2.46. The molecule has 93 heavy (non-hydrogen) atoms. The van der Waals surface area contributed by atoms with E-state index in [-0.39, 0.29) is 66.9 Å². The van der Waals surface area contributed by atoms with Crippen molar-refractivity contribution < 1.29 is 65.8 Å². The van der Waals surface area contributed by atoms with Gasteiger partial charge < -0.3 is 41.0 Å². The molecule has 10 amide bonds. The van der Waals surface area contributed by atoms with Crippen molar-refractivity contribution in [3.05, 3.63) is 125 Å². The molecule has 0 bridgehead atoms. The van der Waals surface area contributed by atoms with Gasteiger partial charge in [-0.3, -0.25) is 48.2 Å². The molecular weight excluding hydrogens is 1210 g/mol. The smallest absolute Gasteiger partial charge is 0.410 e. The van der Waals surface area contributed by atoms with Crippen molar-refractivity contribution in [2.45, 2.75) is 201 Å². The highest BCUT2D eigenvalue weighted by Crippen LogP contribution is 2.33. The summed E-state index contributed by atoms with van der Waals surface area (Å²) in [6, 6.07) is 18.7. The van der Waals surface area contributed by atoms with E-state index in [9.17, 15) is 56.4 Å². The number of benzene rings is 3. The summed E-state index contributed by atoms with van der Waals surface area (Å²) in [6.45, 7) is 24.9. The molecule has 0 fully saturated rings. The number of ether oxygens (including phenoxy) is 2. The third kappa shape index (κ3) is 25.2. The van der Waals surface area contributed by atoms with E-state index in [4.69, 9.17) is 9.47 Å². The van der Waals surface area contributed by atoms with Crippen molar-refractivity contribution >= 4 is 75.2 Å². The number of hydrogen-bond donors (Lipinski definition) is 6. The number of nitrogens with zero attached hydrogens (tertiary/aromatic N) is 3. The van der Waals surface area contributed by atoms with Gasteiger partial charge in [-0.25, -0.2) is 22.7 Å². The SMILES string of the molecule is CC(=CC(C(C)C)N(C)C(=O)C(NC(=O)C(N(C)C(=O)OC(C)(C)C)C(C)(C)c1ccccc1)C(C)(C)C)C(=O)NS(=O)(=O)Cc1ccc(NC(=O)C(CCCCNC(=O)OC(C)(C)C)NC(=O)C(Cc2ccccc2)NC(=O)CCCCCN2C(=O)C=CC2=O)cc1. The number of nitrogens with one attached hydrogen (secondary N) is 6. The molecule has 1 aliphatic heterocycles. The van der Waals surface area contributed by atoms with Crippen LogP contribution in [0.4, 0.5) is 15.3 Å². The number of unbranched alkanes of at least 4 members (excludes halogenated alkanes) is 3. The highest BCUT2D eigenvalue weighted by atomic mass is 32.2. The van der Waals surface area contributed by atoms with Crippen molar-refractivity contribution in [3.8, 4) is 0 Å². The molecule has 5 unspecified atom stereocenters. The molecule has 5 atom stereocenters. The van der Waals surface area contributed by atoms with Gasteiger partial charge in [-0.1, -0.05) is 134 Å². The topological polar surface area (TPSA) is 305 Å². The van der Waals surface area contributed by atoms with Gasteiger partial charge in [-0.05, 0) is 121 Å². The van der Waals surface area contributed by atoms with Gasteiger partial charge in [-0.2, -0.15) is 0 Å². The first-order valence-electron chi connectivity index (χ1n) is 31.5. The van der Waals surface area contributed by atoms with E-state index in [1.807, 2.05) is 64.1 Å². The second kappa shape index (κ2) is 34.0. The van der Waals surface area contributed by atoms with Crippen molar-refractivity contribution in [3.63, 3.8) is 0 Å². The van der Waals surface area contributed by atoms with Gasteiger partial charge in [0, 0.05) is 68.9 Å². The number of alkyl carbamates (subject to hydrolysis) is 1. The van der Waals surface area contributed by atoms with Crippen LogP contribution in [0, 0.1) is 11.3 Å². The minimum Gasteiger partial charge on any atom is -0.444 e. The molecule has 1 heterocycles. The standard InChI is InChI=1S/C69H99N9O14S/c1-45(2)53(76(15)63(86)57(66(4,5)6)74-62(85)58(77(16)65(88)92-68(10,11)12)69(13,14)49-30-22-18-23-31-49)42-46(3)59(82)75-93(89,90)44-48-34-36-50(37-35-48)71-60(83)51(32-25-26-40-70-64(87)91-67(7,8)9)73-61(84)52(43-47-28-20-17-21-29-47)72-54(79)33-24-19-27-41-78-55(80)38-39-56(78)81/h17-18,20-23,28-31,34-39,42,45,51-53,57-58H,19,24-27,32-33,40-41,43-44H2,1-16H3,(H,70,87)(H,71,83)(H,72,79)(H,73,84)(H,74,85)(H,75,82). The fourth-order valence-electron chi connectivity index (χ4n) is 10.4. The third-order valence-electron chi connectivity index (χ3n) is 15.3. The van der Waals surface area contributed by atoms with E-state index in [0.29, 0.717) is 32.1 Å². The van der Waals surface area contributed by atoms with Gasteiger partial charge in [-0.15, -0.1) is 0 Å². The molecule has 3 aromatic rings. The number of amides is 10. The maximum absolute atomic E-state index is 14.8. The summed E-state index contributed by atoms with van der Waals surface area (Å²) in [4.78, 5) is 139. The molecule has 0 saturated heterocycles. The Bertz CT molecular complexity index is 3260. The molecule has 0 spiro atoms. The number of sulfonamides is 1. The number of imide groups is 1. The summed E-state index contributed by atoms with van der Waals surface area (Å²) >= 11 is 0. The van der Waals surface area contributed by atoms with Crippen LogP contribution in [0.15, 0.2) is 109 Å². The molecule has 24 heteroatoms. The van der Waals surface area contributed by atoms with E-state index < -0.39 is 116 Å². The van der Waals surface area contributed by atoms with Gasteiger partial charge in [0.25, 0.3) is 17.7 Å². The normalized spacial score (nSPS) is 14.6. The van der Waals surface area contributed by atoms with Crippen LogP contribution in [0.1, 0.15) is 159 Å². The van der Waals surface area contributed by atoms with Gasteiger partial charge in [0.05, 0.1) is 11.8 Å². The summed E-state index contributed by atoms with van der Waals surface area (Å²) in [7, 11) is -1.34. The molecule has 0 saturated carbocycles. The molecule has 0 aromatic heterocycles. The van der Waals surface area contributed by atoms with E-state index in [1.54, 1.807) is 86.6 Å². The lowest BCUT2D eigenvalue weighted by atomic mass is 9.76. The monoisotopic (exact) mass is 1310 g/mol. The number of carbonyl (C=O) groups is 10. The Hall–Kier alpha value is -8.41. The van der Waals surface area contributed by atoms with Gasteiger partial charge >= 0.3 is 12.2 Å². The van der Waals surface area contributed by atoms with E-state index in [1.165, 1.54) is 73.3 Å². The number of likely N-dealkylation sites (N-methyl/N-ethyl adjacent to an activating group) is 2. The zero-order valence-electron chi connectivity index (χ0n) is 57.0. The van der Waals surface area contributed by atoms with Crippen LogP contribution in [0.3, 0.4) is 0 Å². The Labute approximate surface area is 549 Å². The average molecular weight is 1310 g/mol. The van der Waals surface area contributed by atoms with Gasteiger partial charge in [0.15, 0.2) is 0 Å². The molecule has 0 radical (unpaired) electrons. The molecule has 510 valence electrons. The molecule has 23 nitrogen and oxygen atoms in total. The minimum atomic E-state index is -4.36. The van der Waals surface area contributed by atoms with Crippen molar-refractivity contribution in [1.82, 2.24) is 40.7 Å². The lowest BCUT2D eigenvalue weighted by Gasteiger charge is -2.42. The average Bonchev–Trinajstić information content (AvgIpc) is 1.25. The first-order valence-corrected chi connectivity index (χ1v) is 33.2. The van der Waals surface area contributed by atoms with Crippen LogP contribution in [-0.2, 0) is 75.4 Å². The lowest BCUT2D eigenvalue weighted by molar-refractivity contribution is -0.142. The fourth-order valence-corrected chi connectivity index (χ4v) is 11.5. The Morgan fingerprint density at radius 2 is 1.22 bits per heavy atom. The maximum atomic E-state index is 14.8. The maximum Gasteiger partial charge on any atom is 0.410 e. The first-order chi connectivity index (χ1) is 43.2. The molecule has 1 aliphatic rings. The molecule has 4 rings (SSSR count). The summed E-state index contributed by atoms with van der Waals surface area (Å²) in [5.74, 6) is -5.47. The van der Waals surface area contributed by atoms with Gasteiger partial charge in [0.1, 0.15) is 35.4 Å².